The van der Waals surface area contributed by atoms with E-state index in [0.29, 0.717) is 11.8 Å². The molecule has 1 atom stereocenters. The van der Waals surface area contributed by atoms with Crippen molar-refractivity contribution in [2.45, 2.75) is 52.0 Å². The predicted molar refractivity (Wildman–Crippen MR) is 80.4 cm³/mol. The van der Waals surface area contributed by atoms with E-state index in [-0.39, 0.29) is 0 Å². The molecule has 0 aliphatic rings. The van der Waals surface area contributed by atoms with E-state index in [4.69, 9.17) is 11.6 Å². The highest BCUT2D eigenvalue weighted by Gasteiger charge is 2.14. The van der Waals surface area contributed by atoms with E-state index in [1.165, 1.54) is 25.7 Å². The zero-order chi connectivity index (χ0) is 13.7. The quantitative estimate of drug-likeness (QED) is 0.704. The maximum absolute atomic E-state index is 6.02. The molecule has 104 valence electrons. The maximum Gasteiger partial charge on any atom is 0.160 e. The minimum Gasteiger partial charge on any atom is -0.311 e. The molecule has 0 radical (unpaired) electrons. The molecule has 2 heterocycles. The highest BCUT2D eigenvalue weighted by Crippen LogP contribution is 2.21. The normalized spacial score (nSPS) is 13.0. The van der Waals surface area contributed by atoms with Crippen molar-refractivity contribution in [3.63, 3.8) is 0 Å². The van der Waals surface area contributed by atoms with Gasteiger partial charge in [0.05, 0.1) is 5.88 Å². The number of hydrogen-bond acceptors (Lipinski definition) is 2. The molecule has 0 aromatic carbocycles. The van der Waals surface area contributed by atoms with Crippen LogP contribution < -0.4 is 0 Å². The first-order valence-electron chi connectivity index (χ1n) is 7.16. The molecule has 0 saturated heterocycles. The summed E-state index contributed by atoms with van der Waals surface area (Å²) < 4.78 is 2.20. The third-order valence-electron chi connectivity index (χ3n) is 3.69. The average molecular weight is 280 g/mol. The molecule has 0 N–H and O–H groups in total. The van der Waals surface area contributed by atoms with E-state index in [0.717, 1.165) is 23.5 Å². The summed E-state index contributed by atoms with van der Waals surface area (Å²) in [6.45, 7) is 5.48. The Morgan fingerprint density at radius 3 is 2.89 bits per heavy atom. The van der Waals surface area contributed by atoms with Crippen molar-refractivity contribution in [3.05, 3.63) is 24.2 Å². The van der Waals surface area contributed by atoms with Gasteiger partial charge in [0, 0.05) is 12.7 Å². The highest BCUT2D eigenvalue weighted by molar-refractivity contribution is 6.16. The number of imidazole rings is 1. The Kier molecular flexibility index (Phi) is 5.20. The van der Waals surface area contributed by atoms with Crippen molar-refractivity contribution in [1.82, 2.24) is 14.5 Å². The zero-order valence-corrected chi connectivity index (χ0v) is 12.5. The molecule has 0 aliphatic heterocycles. The highest BCUT2D eigenvalue weighted by atomic mass is 35.5. The second kappa shape index (κ2) is 6.90. The summed E-state index contributed by atoms with van der Waals surface area (Å²) in [4.78, 5) is 9.03. The monoisotopic (exact) mass is 279 g/mol. The first kappa shape index (κ1) is 14.3. The van der Waals surface area contributed by atoms with Gasteiger partial charge in [-0.25, -0.2) is 9.97 Å². The third-order valence-corrected chi connectivity index (χ3v) is 3.93. The van der Waals surface area contributed by atoms with Gasteiger partial charge in [0.25, 0.3) is 0 Å². The van der Waals surface area contributed by atoms with Crippen molar-refractivity contribution in [1.29, 1.82) is 0 Å². The Bertz CT molecular complexity index is 521. The van der Waals surface area contributed by atoms with Crippen molar-refractivity contribution in [2.75, 3.05) is 0 Å². The number of aromatic nitrogens is 3. The molecular weight excluding hydrogens is 258 g/mol. The molecule has 0 bridgehead atoms. The van der Waals surface area contributed by atoms with Crippen molar-refractivity contribution < 1.29 is 0 Å². The van der Waals surface area contributed by atoms with E-state index in [1.54, 1.807) is 0 Å². The second-order valence-corrected chi connectivity index (χ2v) is 5.30. The summed E-state index contributed by atoms with van der Waals surface area (Å²) in [5, 5.41) is 0. The van der Waals surface area contributed by atoms with Crippen molar-refractivity contribution in [2.24, 2.45) is 5.92 Å². The zero-order valence-electron chi connectivity index (χ0n) is 11.8. The van der Waals surface area contributed by atoms with Gasteiger partial charge in [-0.2, -0.15) is 0 Å². The van der Waals surface area contributed by atoms with Crippen LogP contribution in [0.1, 0.15) is 45.4 Å². The standard InChI is InChI=1S/C15H22ClN3/c1-3-5-7-12(4-2)11-19-14(10-16)18-13-8-6-9-17-15(13)19/h6,8-9,12H,3-5,7,10-11H2,1-2H3. The van der Waals surface area contributed by atoms with Gasteiger partial charge >= 0.3 is 0 Å². The van der Waals surface area contributed by atoms with Crippen LogP contribution in [0.2, 0.25) is 0 Å². The van der Waals surface area contributed by atoms with Gasteiger partial charge in [0.1, 0.15) is 11.3 Å². The molecule has 19 heavy (non-hydrogen) atoms. The van der Waals surface area contributed by atoms with E-state index >= 15 is 0 Å². The molecule has 2 rings (SSSR count). The van der Waals surface area contributed by atoms with Gasteiger partial charge in [-0.15, -0.1) is 11.6 Å². The lowest BCUT2D eigenvalue weighted by Gasteiger charge is -2.16. The van der Waals surface area contributed by atoms with Crippen LogP contribution in [0.3, 0.4) is 0 Å². The fourth-order valence-corrected chi connectivity index (χ4v) is 2.68. The fourth-order valence-electron chi connectivity index (χ4n) is 2.47. The largest absolute Gasteiger partial charge is 0.311 e. The van der Waals surface area contributed by atoms with Gasteiger partial charge in [-0.1, -0.05) is 33.1 Å². The van der Waals surface area contributed by atoms with Crippen LogP contribution in [0.5, 0.6) is 0 Å². The first-order chi connectivity index (χ1) is 9.30. The summed E-state index contributed by atoms with van der Waals surface area (Å²) in [6.07, 6.45) is 6.82. The molecule has 4 heteroatoms. The minimum atomic E-state index is 0.445. The number of halogens is 1. The van der Waals surface area contributed by atoms with Crippen LogP contribution in [-0.4, -0.2) is 14.5 Å². The number of hydrogen-bond donors (Lipinski definition) is 0. The molecule has 0 spiro atoms. The Morgan fingerprint density at radius 2 is 2.21 bits per heavy atom. The number of fused-ring (bicyclic) bond motifs is 1. The Morgan fingerprint density at radius 1 is 1.37 bits per heavy atom. The van der Waals surface area contributed by atoms with Gasteiger partial charge in [0.2, 0.25) is 0 Å². The molecule has 0 fully saturated rings. The second-order valence-electron chi connectivity index (χ2n) is 5.03. The molecule has 0 aliphatic carbocycles. The molecule has 0 amide bonds. The molecule has 3 nitrogen and oxygen atoms in total. The van der Waals surface area contributed by atoms with Crippen molar-refractivity contribution >= 4 is 22.8 Å². The molecular formula is C15H22ClN3. The summed E-state index contributed by atoms with van der Waals surface area (Å²) in [7, 11) is 0. The number of rotatable bonds is 7. The Labute approximate surface area is 120 Å². The van der Waals surface area contributed by atoms with Crippen LogP contribution >= 0.6 is 11.6 Å². The number of pyridine rings is 1. The molecule has 1 unspecified atom stereocenters. The van der Waals surface area contributed by atoms with Crippen LogP contribution in [0, 0.1) is 5.92 Å². The third kappa shape index (κ3) is 3.27. The van der Waals surface area contributed by atoms with Gasteiger partial charge in [0.15, 0.2) is 5.65 Å². The van der Waals surface area contributed by atoms with Crippen LogP contribution in [-0.2, 0) is 12.4 Å². The molecule has 2 aromatic heterocycles. The van der Waals surface area contributed by atoms with E-state index in [2.05, 4.69) is 28.4 Å². The van der Waals surface area contributed by atoms with Gasteiger partial charge in [-0.3, -0.25) is 0 Å². The average Bonchev–Trinajstić information content (AvgIpc) is 2.81. The molecule has 2 aromatic rings. The summed E-state index contributed by atoms with van der Waals surface area (Å²) in [6, 6.07) is 3.92. The summed E-state index contributed by atoms with van der Waals surface area (Å²) in [5.74, 6) is 2.06. The maximum atomic E-state index is 6.02. The predicted octanol–water partition coefficient (Wildman–Crippen LogP) is 4.39. The Balaban J connectivity index is 2.26. The van der Waals surface area contributed by atoms with Gasteiger partial charge in [-0.05, 0) is 24.5 Å². The van der Waals surface area contributed by atoms with Crippen molar-refractivity contribution in [3.8, 4) is 0 Å². The Hall–Kier alpha value is -1.09. The minimum absolute atomic E-state index is 0.445. The van der Waals surface area contributed by atoms with E-state index in [1.807, 2.05) is 18.3 Å². The van der Waals surface area contributed by atoms with Crippen LogP contribution in [0.15, 0.2) is 18.3 Å². The van der Waals surface area contributed by atoms with Gasteiger partial charge < -0.3 is 4.57 Å². The van der Waals surface area contributed by atoms with E-state index in [9.17, 15) is 0 Å². The van der Waals surface area contributed by atoms with Crippen LogP contribution in [0.25, 0.3) is 11.2 Å². The van der Waals surface area contributed by atoms with E-state index < -0.39 is 0 Å². The summed E-state index contributed by atoms with van der Waals surface area (Å²) >= 11 is 6.02. The lowest BCUT2D eigenvalue weighted by molar-refractivity contribution is 0.390. The topological polar surface area (TPSA) is 30.7 Å². The number of unbranched alkanes of at least 4 members (excludes halogenated alkanes) is 1. The number of alkyl halides is 1. The first-order valence-corrected chi connectivity index (χ1v) is 7.69. The lowest BCUT2D eigenvalue weighted by Crippen LogP contribution is -2.12. The smallest absolute Gasteiger partial charge is 0.160 e. The van der Waals surface area contributed by atoms with Crippen LogP contribution in [0.4, 0.5) is 0 Å². The SMILES string of the molecule is CCCCC(CC)Cn1c(CCl)nc2cccnc21. The molecule has 0 saturated carbocycles. The number of nitrogens with zero attached hydrogens (tertiary/aromatic N) is 3. The summed E-state index contributed by atoms with van der Waals surface area (Å²) in [5.41, 5.74) is 1.91. The lowest BCUT2D eigenvalue weighted by atomic mass is 9.99. The fraction of sp³-hybridized carbons (Fsp3) is 0.600.